The third-order valence-electron chi connectivity index (χ3n) is 6.66. The number of aromatic nitrogens is 1. The number of carbonyl (C=O) groups is 2. The van der Waals surface area contributed by atoms with Gasteiger partial charge in [-0.25, -0.2) is 0 Å². The number of H-pyrrole nitrogens is 1. The number of aromatic amines is 1. The average molecular weight is 495 g/mol. The van der Waals surface area contributed by atoms with Crippen LogP contribution >= 0.6 is 0 Å². The summed E-state index contributed by atoms with van der Waals surface area (Å²) in [5.74, 6) is 0.329. The Labute approximate surface area is 211 Å². The van der Waals surface area contributed by atoms with Crippen molar-refractivity contribution in [3.05, 3.63) is 99.0 Å². The number of benzene rings is 3. The Bertz CT molecular complexity index is 1700. The second-order valence-electron chi connectivity index (χ2n) is 8.77. The van der Waals surface area contributed by atoms with Crippen molar-refractivity contribution in [3.63, 3.8) is 0 Å². The molecule has 1 N–H and O–H groups in total. The fraction of sp³-hybridized carbons (Fsp3) is 0.138. The molecule has 184 valence electrons. The normalized spacial score (nSPS) is 17.2. The van der Waals surface area contributed by atoms with Crippen LogP contribution in [0.15, 0.2) is 71.2 Å². The number of allylic oxidation sites excluding steroid dienone is 1. The Morgan fingerprint density at radius 2 is 1.78 bits per heavy atom. The molecule has 8 nitrogen and oxygen atoms in total. The van der Waals surface area contributed by atoms with Crippen LogP contribution in [0.25, 0.3) is 17.0 Å². The van der Waals surface area contributed by atoms with Gasteiger partial charge in [-0.3, -0.25) is 14.4 Å². The van der Waals surface area contributed by atoms with E-state index in [4.69, 9.17) is 18.9 Å². The molecular formula is C29H21NO7. The summed E-state index contributed by atoms with van der Waals surface area (Å²) in [5, 5.41) is 0.828. The second kappa shape index (κ2) is 8.67. The van der Waals surface area contributed by atoms with E-state index < -0.39 is 11.9 Å². The molecule has 1 unspecified atom stereocenters. The van der Waals surface area contributed by atoms with Gasteiger partial charge in [0.05, 0.1) is 26.2 Å². The number of esters is 1. The van der Waals surface area contributed by atoms with E-state index in [0.29, 0.717) is 39.3 Å². The number of hydrogen-bond donors (Lipinski definition) is 1. The molecule has 1 aromatic heterocycles. The van der Waals surface area contributed by atoms with Gasteiger partial charge < -0.3 is 23.9 Å². The quantitative estimate of drug-likeness (QED) is 0.251. The number of rotatable bonds is 4. The molecule has 0 fully saturated rings. The molecule has 2 aliphatic rings. The maximum atomic E-state index is 13.3. The lowest BCUT2D eigenvalue weighted by Crippen LogP contribution is -2.26. The molecule has 0 saturated heterocycles. The summed E-state index contributed by atoms with van der Waals surface area (Å²) in [6.45, 7) is 0. The highest BCUT2D eigenvalue weighted by Gasteiger charge is 2.39. The SMILES string of the molecule is COc1ccc(/C=C2\Oc3c(ccc4c3C(c3cc5ccccc5[nH]c3=O)CC(=O)O4)C2=O)c(OC)c1. The summed E-state index contributed by atoms with van der Waals surface area (Å²) in [7, 11) is 3.08. The van der Waals surface area contributed by atoms with Crippen molar-refractivity contribution in [2.45, 2.75) is 12.3 Å². The van der Waals surface area contributed by atoms with Crippen LogP contribution in [0.4, 0.5) is 0 Å². The lowest BCUT2D eigenvalue weighted by atomic mass is 9.85. The third kappa shape index (κ3) is 3.74. The molecule has 8 heteroatoms. The van der Waals surface area contributed by atoms with Crippen LogP contribution < -0.4 is 24.5 Å². The molecule has 1 atom stereocenters. The Hall–Kier alpha value is -4.85. The molecule has 3 aromatic carbocycles. The van der Waals surface area contributed by atoms with Crippen molar-refractivity contribution in [1.82, 2.24) is 4.98 Å². The highest BCUT2D eigenvalue weighted by Crippen LogP contribution is 2.48. The summed E-state index contributed by atoms with van der Waals surface area (Å²) >= 11 is 0. The maximum absolute atomic E-state index is 13.3. The summed E-state index contributed by atoms with van der Waals surface area (Å²) in [4.78, 5) is 41.8. The van der Waals surface area contributed by atoms with Gasteiger partial charge in [-0.15, -0.1) is 0 Å². The minimum atomic E-state index is -0.651. The Balaban J connectivity index is 1.48. The number of ketones is 1. The van der Waals surface area contributed by atoms with Crippen molar-refractivity contribution in [2.24, 2.45) is 0 Å². The Kier molecular flexibility index (Phi) is 5.30. The van der Waals surface area contributed by atoms with Crippen LogP contribution in [0.1, 0.15) is 39.4 Å². The molecular weight excluding hydrogens is 474 g/mol. The van der Waals surface area contributed by atoms with Gasteiger partial charge >= 0.3 is 5.97 Å². The number of hydrogen-bond acceptors (Lipinski definition) is 7. The molecule has 6 rings (SSSR count). The van der Waals surface area contributed by atoms with Crippen LogP contribution in [-0.2, 0) is 4.79 Å². The largest absolute Gasteiger partial charge is 0.497 e. The summed E-state index contributed by atoms with van der Waals surface area (Å²) in [6, 6.07) is 17.6. The highest BCUT2D eigenvalue weighted by atomic mass is 16.5. The van der Waals surface area contributed by atoms with E-state index in [9.17, 15) is 14.4 Å². The number of para-hydroxylation sites is 1. The fourth-order valence-electron chi connectivity index (χ4n) is 4.87. The number of pyridine rings is 1. The van der Waals surface area contributed by atoms with E-state index in [-0.39, 0.29) is 35.0 Å². The standard InChI is InChI=1S/C29H21NO7/c1-34-17-8-7-16(23(13-17)35-2)12-24-27(32)18-9-10-22-26(28(18)37-24)19(14-25(31)36-22)20-11-15-5-3-4-6-21(15)30-29(20)33/h3-13,19H,14H2,1-2H3,(H,30,33)/b24-12-. The van der Waals surface area contributed by atoms with E-state index in [2.05, 4.69) is 4.98 Å². The Morgan fingerprint density at radius 3 is 2.59 bits per heavy atom. The number of fused-ring (bicyclic) bond motifs is 4. The maximum Gasteiger partial charge on any atom is 0.312 e. The molecule has 0 saturated carbocycles. The van der Waals surface area contributed by atoms with E-state index in [1.165, 1.54) is 7.11 Å². The van der Waals surface area contributed by atoms with Crippen LogP contribution in [0.3, 0.4) is 0 Å². The first-order chi connectivity index (χ1) is 18.0. The lowest BCUT2D eigenvalue weighted by Gasteiger charge is -2.26. The minimum absolute atomic E-state index is 0.0617. The fourth-order valence-corrected chi connectivity index (χ4v) is 4.87. The summed E-state index contributed by atoms with van der Waals surface area (Å²) in [6.07, 6.45) is 1.54. The predicted octanol–water partition coefficient (Wildman–Crippen LogP) is 4.60. The number of Topliss-reactive ketones (excluding diaryl/α,β-unsaturated/α-hetero) is 1. The molecule has 37 heavy (non-hydrogen) atoms. The number of ether oxygens (including phenoxy) is 4. The van der Waals surface area contributed by atoms with Crippen molar-refractivity contribution in [3.8, 4) is 23.0 Å². The van der Waals surface area contributed by atoms with E-state index in [1.54, 1.807) is 49.6 Å². The number of carbonyl (C=O) groups excluding carboxylic acids is 2. The average Bonchev–Trinajstić information content (AvgIpc) is 3.22. The molecule has 4 aromatic rings. The first kappa shape index (κ1) is 22.6. The second-order valence-corrected chi connectivity index (χ2v) is 8.77. The zero-order valence-corrected chi connectivity index (χ0v) is 20.0. The van der Waals surface area contributed by atoms with Gasteiger partial charge in [0.25, 0.3) is 5.56 Å². The monoisotopic (exact) mass is 495 g/mol. The first-order valence-corrected chi connectivity index (χ1v) is 11.6. The van der Waals surface area contributed by atoms with Gasteiger partial charge in [0.15, 0.2) is 5.76 Å². The van der Waals surface area contributed by atoms with Crippen molar-refractivity contribution < 1.29 is 28.5 Å². The molecule has 0 spiro atoms. The van der Waals surface area contributed by atoms with Gasteiger partial charge in [-0.1, -0.05) is 18.2 Å². The molecule has 0 amide bonds. The van der Waals surface area contributed by atoms with Crippen LogP contribution in [0, 0.1) is 0 Å². The Morgan fingerprint density at radius 1 is 0.946 bits per heavy atom. The van der Waals surface area contributed by atoms with Crippen LogP contribution in [-0.4, -0.2) is 31.0 Å². The summed E-state index contributed by atoms with van der Waals surface area (Å²) < 4.78 is 22.3. The van der Waals surface area contributed by atoms with Crippen LogP contribution in [0.5, 0.6) is 23.0 Å². The zero-order chi connectivity index (χ0) is 25.7. The first-order valence-electron chi connectivity index (χ1n) is 11.6. The van der Waals surface area contributed by atoms with Gasteiger partial charge in [0.1, 0.15) is 23.0 Å². The molecule has 3 heterocycles. The van der Waals surface area contributed by atoms with Crippen molar-refractivity contribution in [2.75, 3.05) is 14.2 Å². The van der Waals surface area contributed by atoms with E-state index >= 15 is 0 Å². The minimum Gasteiger partial charge on any atom is -0.497 e. The molecule has 0 bridgehead atoms. The van der Waals surface area contributed by atoms with Gasteiger partial charge in [0, 0.05) is 34.2 Å². The molecule has 2 aliphatic heterocycles. The van der Waals surface area contributed by atoms with E-state index in [0.717, 1.165) is 5.39 Å². The smallest absolute Gasteiger partial charge is 0.312 e. The number of methoxy groups -OCH3 is 2. The van der Waals surface area contributed by atoms with Gasteiger partial charge in [0.2, 0.25) is 5.78 Å². The lowest BCUT2D eigenvalue weighted by molar-refractivity contribution is -0.135. The third-order valence-corrected chi connectivity index (χ3v) is 6.66. The molecule has 0 aliphatic carbocycles. The van der Waals surface area contributed by atoms with Gasteiger partial charge in [-0.05, 0) is 47.9 Å². The van der Waals surface area contributed by atoms with Crippen molar-refractivity contribution >= 4 is 28.7 Å². The summed E-state index contributed by atoms with van der Waals surface area (Å²) in [5.41, 5.74) is 2.23. The number of nitrogens with one attached hydrogen (secondary N) is 1. The highest BCUT2D eigenvalue weighted by molar-refractivity contribution is 6.15. The molecule has 0 radical (unpaired) electrons. The van der Waals surface area contributed by atoms with Crippen molar-refractivity contribution in [1.29, 1.82) is 0 Å². The van der Waals surface area contributed by atoms with Gasteiger partial charge in [-0.2, -0.15) is 0 Å². The van der Waals surface area contributed by atoms with Crippen LogP contribution in [0.2, 0.25) is 0 Å². The predicted molar refractivity (Wildman–Crippen MR) is 136 cm³/mol. The van der Waals surface area contributed by atoms with E-state index in [1.807, 2.05) is 24.3 Å². The topological polar surface area (TPSA) is 104 Å². The zero-order valence-electron chi connectivity index (χ0n) is 20.0.